The molecule has 0 heterocycles. The average molecular weight is 196 g/mol. The first-order valence-electron chi connectivity index (χ1n) is 5.50. The Morgan fingerprint density at radius 1 is 1.36 bits per heavy atom. The molecule has 0 spiro atoms. The first-order valence-corrected chi connectivity index (χ1v) is 5.50. The molecule has 2 atom stereocenters. The van der Waals surface area contributed by atoms with E-state index in [1.54, 1.807) is 6.08 Å². The molecular formula is C13H21F. The van der Waals surface area contributed by atoms with Gasteiger partial charge in [0.1, 0.15) is 5.83 Å². The van der Waals surface area contributed by atoms with Gasteiger partial charge in [0, 0.05) is 0 Å². The zero-order chi connectivity index (χ0) is 10.9. The number of hydrogen-bond acceptors (Lipinski definition) is 0. The van der Waals surface area contributed by atoms with Gasteiger partial charge < -0.3 is 0 Å². The van der Waals surface area contributed by atoms with Gasteiger partial charge in [0.15, 0.2) is 0 Å². The molecule has 1 aliphatic rings. The molecule has 0 amide bonds. The molecule has 1 heteroatoms. The van der Waals surface area contributed by atoms with Crippen molar-refractivity contribution in [1.82, 2.24) is 0 Å². The molecule has 1 rings (SSSR count). The van der Waals surface area contributed by atoms with Crippen LogP contribution in [-0.2, 0) is 0 Å². The van der Waals surface area contributed by atoms with E-state index in [-0.39, 0.29) is 5.83 Å². The summed E-state index contributed by atoms with van der Waals surface area (Å²) in [5.74, 6) is 1.49. The van der Waals surface area contributed by atoms with Crippen LogP contribution in [-0.4, -0.2) is 0 Å². The van der Waals surface area contributed by atoms with Crippen LogP contribution in [0.15, 0.2) is 23.0 Å². The maximum absolute atomic E-state index is 13.6. The van der Waals surface area contributed by atoms with E-state index in [0.717, 1.165) is 12.0 Å². The molecule has 1 aliphatic carbocycles. The Labute approximate surface area is 86.9 Å². The van der Waals surface area contributed by atoms with Gasteiger partial charge in [-0.15, -0.1) is 0 Å². The van der Waals surface area contributed by atoms with Gasteiger partial charge in [0.05, 0.1) is 0 Å². The first kappa shape index (κ1) is 11.5. The van der Waals surface area contributed by atoms with Gasteiger partial charge >= 0.3 is 0 Å². The molecule has 0 radical (unpaired) electrons. The van der Waals surface area contributed by atoms with Gasteiger partial charge in [-0.05, 0) is 42.7 Å². The van der Waals surface area contributed by atoms with Crippen LogP contribution < -0.4 is 0 Å². The molecule has 0 N–H and O–H groups in total. The topological polar surface area (TPSA) is 0 Å². The van der Waals surface area contributed by atoms with Gasteiger partial charge in [-0.1, -0.05) is 33.3 Å². The molecule has 0 saturated carbocycles. The lowest BCUT2D eigenvalue weighted by atomic mass is 9.82. The Morgan fingerprint density at radius 3 is 2.43 bits per heavy atom. The van der Waals surface area contributed by atoms with Crippen molar-refractivity contribution < 1.29 is 4.39 Å². The Morgan fingerprint density at radius 2 is 1.93 bits per heavy atom. The lowest BCUT2D eigenvalue weighted by Crippen LogP contribution is -2.13. The zero-order valence-electron chi connectivity index (χ0n) is 9.89. The monoisotopic (exact) mass is 196 g/mol. The average Bonchev–Trinajstić information content (AvgIpc) is 2.18. The highest BCUT2D eigenvalue weighted by Gasteiger charge is 2.23. The summed E-state index contributed by atoms with van der Waals surface area (Å²) >= 11 is 0. The van der Waals surface area contributed by atoms with E-state index in [0.29, 0.717) is 17.8 Å². The van der Waals surface area contributed by atoms with Crippen molar-refractivity contribution >= 4 is 0 Å². The Kier molecular flexibility index (Phi) is 3.52. The van der Waals surface area contributed by atoms with Crippen LogP contribution in [0.5, 0.6) is 0 Å². The van der Waals surface area contributed by atoms with Crippen molar-refractivity contribution in [1.29, 1.82) is 0 Å². The van der Waals surface area contributed by atoms with E-state index >= 15 is 0 Å². The standard InChI is InChI=1S/C13H21F/c1-8(2)12-7-13(14)10(4)6-9(3)11(12)5/h7-9,11H,6H2,1-5H3. The Bertz CT molecular complexity index is 271. The Balaban J connectivity index is 3.06. The fourth-order valence-corrected chi connectivity index (χ4v) is 2.18. The van der Waals surface area contributed by atoms with E-state index in [1.165, 1.54) is 5.57 Å². The summed E-state index contributed by atoms with van der Waals surface area (Å²) < 4.78 is 13.6. The van der Waals surface area contributed by atoms with E-state index < -0.39 is 0 Å². The van der Waals surface area contributed by atoms with E-state index in [1.807, 2.05) is 6.92 Å². The fourth-order valence-electron chi connectivity index (χ4n) is 2.18. The third-order valence-electron chi connectivity index (χ3n) is 3.38. The highest BCUT2D eigenvalue weighted by molar-refractivity contribution is 5.28. The van der Waals surface area contributed by atoms with Gasteiger partial charge in [-0.3, -0.25) is 0 Å². The molecule has 2 unspecified atom stereocenters. The summed E-state index contributed by atoms with van der Waals surface area (Å²) in [7, 11) is 0. The van der Waals surface area contributed by atoms with Gasteiger partial charge in [-0.25, -0.2) is 4.39 Å². The Hall–Kier alpha value is -0.590. The number of rotatable bonds is 1. The minimum atomic E-state index is -0.00935. The van der Waals surface area contributed by atoms with E-state index in [9.17, 15) is 4.39 Å². The minimum absolute atomic E-state index is 0.00935. The highest BCUT2D eigenvalue weighted by Crippen LogP contribution is 2.35. The smallest absolute Gasteiger partial charge is 0.122 e. The third-order valence-corrected chi connectivity index (χ3v) is 3.38. The normalized spacial score (nSPS) is 29.2. The summed E-state index contributed by atoms with van der Waals surface area (Å²) in [4.78, 5) is 0. The second-order valence-corrected chi connectivity index (χ2v) is 4.90. The maximum Gasteiger partial charge on any atom is 0.122 e. The van der Waals surface area contributed by atoms with Crippen molar-refractivity contribution in [2.45, 2.75) is 41.0 Å². The first-order chi connectivity index (χ1) is 6.43. The zero-order valence-corrected chi connectivity index (χ0v) is 9.89. The molecule has 80 valence electrons. The van der Waals surface area contributed by atoms with Crippen LogP contribution in [0, 0.1) is 17.8 Å². The number of halogens is 1. The summed E-state index contributed by atoms with van der Waals surface area (Å²) in [6.07, 6.45) is 2.65. The van der Waals surface area contributed by atoms with Crippen LogP contribution in [0.4, 0.5) is 4.39 Å². The summed E-state index contributed by atoms with van der Waals surface area (Å²) in [6, 6.07) is 0. The minimum Gasteiger partial charge on any atom is -0.207 e. The predicted octanol–water partition coefficient (Wildman–Crippen LogP) is 4.49. The molecule has 14 heavy (non-hydrogen) atoms. The van der Waals surface area contributed by atoms with Crippen LogP contribution in [0.25, 0.3) is 0 Å². The third kappa shape index (κ3) is 2.26. The molecule has 0 bridgehead atoms. The quantitative estimate of drug-likeness (QED) is 0.579. The molecule has 0 fully saturated rings. The molecular weight excluding hydrogens is 175 g/mol. The van der Waals surface area contributed by atoms with E-state index in [4.69, 9.17) is 0 Å². The van der Waals surface area contributed by atoms with Crippen molar-refractivity contribution in [3.8, 4) is 0 Å². The SMILES string of the molecule is CC1=C(F)C=C(C(C)C)C(C)C(C)C1. The molecule has 0 aromatic carbocycles. The second-order valence-electron chi connectivity index (χ2n) is 4.90. The van der Waals surface area contributed by atoms with Crippen LogP contribution in [0.3, 0.4) is 0 Å². The van der Waals surface area contributed by atoms with Crippen LogP contribution in [0.1, 0.15) is 41.0 Å². The number of allylic oxidation sites excluding steroid dienone is 4. The lowest BCUT2D eigenvalue weighted by molar-refractivity contribution is 0.412. The lowest BCUT2D eigenvalue weighted by Gasteiger charge is -2.23. The van der Waals surface area contributed by atoms with Crippen molar-refractivity contribution in [3.05, 3.63) is 23.0 Å². The van der Waals surface area contributed by atoms with Crippen molar-refractivity contribution in [2.75, 3.05) is 0 Å². The van der Waals surface area contributed by atoms with E-state index in [2.05, 4.69) is 27.7 Å². The molecule has 0 aromatic heterocycles. The van der Waals surface area contributed by atoms with Gasteiger partial charge in [-0.2, -0.15) is 0 Å². The molecule has 0 aliphatic heterocycles. The second kappa shape index (κ2) is 4.29. The van der Waals surface area contributed by atoms with Crippen molar-refractivity contribution in [2.24, 2.45) is 17.8 Å². The largest absolute Gasteiger partial charge is 0.207 e. The maximum atomic E-state index is 13.6. The van der Waals surface area contributed by atoms with Gasteiger partial charge in [0.2, 0.25) is 0 Å². The summed E-state index contributed by atoms with van der Waals surface area (Å²) in [6.45, 7) is 10.6. The van der Waals surface area contributed by atoms with Crippen LogP contribution >= 0.6 is 0 Å². The summed E-state index contributed by atoms with van der Waals surface area (Å²) in [5.41, 5.74) is 2.16. The van der Waals surface area contributed by atoms with Crippen LogP contribution in [0.2, 0.25) is 0 Å². The van der Waals surface area contributed by atoms with Crippen molar-refractivity contribution in [3.63, 3.8) is 0 Å². The fraction of sp³-hybridized carbons (Fsp3) is 0.692. The number of hydrogen-bond donors (Lipinski definition) is 0. The summed E-state index contributed by atoms with van der Waals surface area (Å²) in [5, 5.41) is 0. The molecule has 0 aromatic rings. The molecule has 0 saturated heterocycles. The predicted molar refractivity (Wildman–Crippen MR) is 59.7 cm³/mol. The molecule has 0 nitrogen and oxygen atoms in total. The highest BCUT2D eigenvalue weighted by atomic mass is 19.1. The van der Waals surface area contributed by atoms with Gasteiger partial charge in [0.25, 0.3) is 0 Å².